The minimum Gasteiger partial charge on any atom is -0.493 e. The number of nitrogens with zero attached hydrogens (tertiary/aromatic N) is 4. The van der Waals surface area contributed by atoms with E-state index in [2.05, 4.69) is 20.6 Å². The molecule has 1 amide bonds. The van der Waals surface area contributed by atoms with Crippen LogP contribution in [-0.2, 0) is 17.9 Å². The van der Waals surface area contributed by atoms with Crippen molar-refractivity contribution in [3.63, 3.8) is 0 Å². The molecule has 0 atom stereocenters. The predicted octanol–water partition coefficient (Wildman–Crippen LogP) is 1.90. The molecule has 0 saturated heterocycles. The number of nitrogens with one attached hydrogen (secondary N) is 1. The number of amides is 1. The fourth-order valence-corrected chi connectivity index (χ4v) is 2.15. The Morgan fingerprint density at radius 2 is 1.92 bits per heavy atom. The highest BCUT2D eigenvalue weighted by Gasteiger charge is 2.08. The molecule has 128 valence electrons. The van der Waals surface area contributed by atoms with E-state index in [0.29, 0.717) is 22.9 Å². The molecule has 0 fully saturated rings. The number of anilines is 1. The van der Waals surface area contributed by atoms with Gasteiger partial charge in [0.15, 0.2) is 11.5 Å². The van der Waals surface area contributed by atoms with Crippen LogP contribution < -0.4 is 14.8 Å². The maximum Gasteiger partial charge on any atom is 0.246 e. The molecule has 0 bridgehead atoms. The van der Waals surface area contributed by atoms with Gasteiger partial charge in [0, 0.05) is 18.1 Å². The molecule has 8 nitrogen and oxygen atoms in total. The minimum atomic E-state index is -0.201. The summed E-state index contributed by atoms with van der Waals surface area (Å²) in [6.45, 7) is 0.288. The lowest BCUT2D eigenvalue weighted by molar-refractivity contribution is -0.116. The number of para-hydroxylation sites is 2. The summed E-state index contributed by atoms with van der Waals surface area (Å²) in [5.41, 5.74) is 1.29. The number of hydrogen-bond donors (Lipinski definition) is 1. The van der Waals surface area contributed by atoms with Crippen molar-refractivity contribution in [3.05, 3.63) is 60.7 Å². The van der Waals surface area contributed by atoms with Gasteiger partial charge in [0.25, 0.3) is 0 Å². The van der Waals surface area contributed by atoms with Crippen LogP contribution in [0.25, 0.3) is 0 Å². The first-order chi connectivity index (χ1) is 12.2. The molecule has 0 saturated carbocycles. The van der Waals surface area contributed by atoms with Gasteiger partial charge in [0.2, 0.25) is 5.91 Å². The first kappa shape index (κ1) is 16.4. The highest BCUT2D eigenvalue weighted by molar-refractivity contribution is 5.90. The monoisotopic (exact) mass is 339 g/mol. The zero-order valence-corrected chi connectivity index (χ0v) is 13.6. The molecule has 2 aromatic heterocycles. The standard InChI is InChI=1S/C17H17N5O3/c1-24-15-4-2-3-5-16(15)25-12-14-10-22(21-20-14)11-17(23)19-13-6-8-18-9-7-13/h2-10H,11-12H2,1H3,(H,18,19,23). The average Bonchev–Trinajstić information content (AvgIpc) is 3.08. The van der Waals surface area contributed by atoms with Crippen molar-refractivity contribution in [3.8, 4) is 11.5 Å². The van der Waals surface area contributed by atoms with Crippen molar-refractivity contribution in [2.24, 2.45) is 0 Å². The van der Waals surface area contributed by atoms with Gasteiger partial charge >= 0.3 is 0 Å². The summed E-state index contributed by atoms with van der Waals surface area (Å²) < 4.78 is 12.4. The van der Waals surface area contributed by atoms with E-state index in [0.717, 1.165) is 0 Å². The first-order valence-electron chi connectivity index (χ1n) is 7.59. The molecule has 0 aliphatic heterocycles. The van der Waals surface area contributed by atoms with Crippen LogP contribution in [0.3, 0.4) is 0 Å². The molecule has 25 heavy (non-hydrogen) atoms. The Morgan fingerprint density at radius 1 is 1.16 bits per heavy atom. The van der Waals surface area contributed by atoms with E-state index < -0.39 is 0 Å². The van der Waals surface area contributed by atoms with Gasteiger partial charge in [0.1, 0.15) is 18.8 Å². The van der Waals surface area contributed by atoms with Crippen molar-refractivity contribution in [1.82, 2.24) is 20.0 Å². The zero-order chi connectivity index (χ0) is 17.5. The highest BCUT2D eigenvalue weighted by Crippen LogP contribution is 2.26. The van der Waals surface area contributed by atoms with E-state index in [1.54, 1.807) is 37.8 Å². The molecular formula is C17H17N5O3. The number of hydrogen-bond acceptors (Lipinski definition) is 6. The molecule has 2 heterocycles. The van der Waals surface area contributed by atoms with Gasteiger partial charge in [-0.05, 0) is 24.3 Å². The molecule has 0 spiro atoms. The van der Waals surface area contributed by atoms with Crippen molar-refractivity contribution >= 4 is 11.6 Å². The fourth-order valence-electron chi connectivity index (χ4n) is 2.15. The molecule has 0 unspecified atom stereocenters. The number of rotatable bonds is 7. The summed E-state index contributed by atoms with van der Waals surface area (Å²) in [7, 11) is 1.58. The van der Waals surface area contributed by atoms with E-state index in [1.165, 1.54) is 4.68 Å². The maximum atomic E-state index is 12.0. The molecule has 3 aromatic rings. The molecular weight excluding hydrogens is 322 g/mol. The molecule has 0 aliphatic carbocycles. The van der Waals surface area contributed by atoms with Crippen LogP contribution >= 0.6 is 0 Å². The largest absolute Gasteiger partial charge is 0.493 e. The van der Waals surface area contributed by atoms with Crippen LogP contribution in [0, 0.1) is 0 Å². The van der Waals surface area contributed by atoms with Crippen LogP contribution in [0.15, 0.2) is 55.0 Å². The lowest BCUT2D eigenvalue weighted by Gasteiger charge is -2.08. The topological polar surface area (TPSA) is 91.2 Å². The summed E-state index contributed by atoms with van der Waals surface area (Å²) in [6.07, 6.45) is 4.89. The van der Waals surface area contributed by atoms with E-state index in [9.17, 15) is 4.79 Å². The molecule has 0 radical (unpaired) electrons. The lowest BCUT2D eigenvalue weighted by atomic mass is 10.3. The van der Waals surface area contributed by atoms with Gasteiger partial charge < -0.3 is 14.8 Å². The third-order valence-corrected chi connectivity index (χ3v) is 3.30. The molecule has 3 rings (SSSR count). The van der Waals surface area contributed by atoms with Crippen molar-refractivity contribution in [1.29, 1.82) is 0 Å². The van der Waals surface area contributed by atoms with Gasteiger partial charge in [-0.3, -0.25) is 9.78 Å². The Morgan fingerprint density at radius 3 is 2.68 bits per heavy atom. The second-order valence-electron chi connectivity index (χ2n) is 5.13. The van der Waals surface area contributed by atoms with E-state index in [-0.39, 0.29) is 19.1 Å². The Balaban J connectivity index is 1.54. The third-order valence-electron chi connectivity index (χ3n) is 3.30. The fraction of sp³-hybridized carbons (Fsp3) is 0.176. The van der Waals surface area contributed by atoms with Gasteiger partial charge in [-0.2, -0.15) is 0 Å². The Hall–Kier alpha value is -3.42. The number of benzene rings is 1. The summed E-state index contributed by atoms with van der Waals surface area (Å²) in [4.78, 5) is 15.9. The summed E-state index contributed by atoms with van der Waals surface area (Å²) >= 11 is 0. The van der Waals surface area contributed by atoms with Crippen molar-refractivity contribution in [2.45, 2.75) is 13.2 Å². The second kappa shape index (κ2) is 7.91. The van der Waals surface area contributed by atoms with Crippen LogP contribution in [0.4, 0.5) is 5.69 Å². The smallest absolute Gasteiger partial charge is 0.246 e. The number of pyridine rings is 1. The van der Waals surface area contributed by atoms with Crippen LogP contribution in [0.1, 0.15) is 5.69 Å². The number of ether oxygens (including phenoxy) is 2. The third kappa shape index (κ3) is 4.54. The maximum absolute atomic E-state index is 12.0. The molecule has 0 aliphatic rings. The van der Waals surface area contributed by atoms with Crippen LogP contribution in [0.5, 0.6) is 11.5 Å². The first-order valence-corrected chi connectivity index (χ1v) is 7.59. The van der Waals surface area contributed by atoms with Gasteiger partial charge in [-0.1, -0.05) is 17.3 Å². The van der Waals surface area contributed by atoms with Gasteiger partial charge in [0.05, 0.1) is 13.3 Å². The summed E-state index contributed by atoms with van der Waals surface area (Å²) in [6, 6.07) is 10.8. The van der Waals surface area contributed by atoms with Crippen LogP contribution in [0.2, 0.25) is 0 Å². The van der Waals surface area contributed by atoms with Gasteiger partial charge in [-0.15, -0.1) is 5.10 Å². The number of aromatic nitrogens is 4. The SMILES string of the molecule is COc1ccccc1OCc1cn(CC(=O)Nc2ccncc2)nn1. The molecule has 1 aromatic carbocycles. The Bertz CT molecular complexity index is 835. The van der Waals surface area contributed by atoms with Crippen molar-refractivity contribution < 1.29 is 14.3 Å². The summed E-state index contributed by atoms with van der Waals surface area (Å²) in [5, 5.41) is 10.7. The van der Waals surface area contributed by atoms with Crippen LogP contribution in [-0.4, -0.2) is 33.0 Å². The Kier molecular flexibility index (Phi) is 5.20. The quantitative estimate of drug-likeness (QED) is 0.707. The Labute approximate surface area is 144 Å². The number of carbonyl (C=O) groups excluding carboxylic acids is 1. The van der Waals surface area contributed by atoms with E-state index in [1.807, 2.05) is 24.3 Å². The number of carbonyl (C=O) groups is 1. The van der Waals surface area contributed by atoms with E-state index in [4.69, 9.17) is 9.47 Å². The number of methoxy groups -OCH3 is 1. The van der Waals surface area contributed by atoms with Crippen molar-refractivity contribution in [2.75, 3.05) is 12.4 Å². The molecule has 1 N–H and O–H groups in total. The second-order valence-corrected chi connectivity index (χ2v) is 5.13. The normalized spacial score (nSPS) is 10.3. The minimum absolute atomic E-state index is 0.0595. The zero-order valence-electron chi connectivity index (χ0n) is 13.6. The molecule has 8 heteroatoms. The summed E-state index contributed by atoms with van der Waals surface area (Å²) in [5.74, 6) is 1.06. The van der Waals surface area contributed by atoms with E-state index >= 15 is 0 Å². The average molecular weight is 339 g/mol. The lowest BCUT2D eigenvalue weighted by Crippen LogP contribution is -2.19. The van der Waals surface area contributed by atoms with Gasteiger partial charge in [-0.25, -0.2) is 4.68 Å². The predicted molar refractivity (Wildman–Crippen MR) is 90.2 cm³/mol. The highest BCUT2D eigenvalue weighted by atomic mass is 16.5.